The van der Waals surface area contributed by atoms with Crippen molar-refractivity contribution in [3.05, 3.63) is 63.1 Å². The van der Waals surface area contributed by atoms with Crippen LogP contribution in [0.15, 0.2) is 34.8 Å². The van der Waals surface area contributed by atoms with Gasteiger partial charge in [-0.25, -0.2) is 8.78 Å². The number of methoxy groups -OCH3 is 1. The number of ether oxygens (including phenoxy) is 1. The summed E-state index contributed by atoms with van der Waals surface area (Å²) in [6.45, 7) is 1.82. The number of halogens is 4. The molecule has 0 radical (unpaired) electrons. The van der Waals surface area contributed by atoms with Gasteiger partial charge in [0.25, 0.3) is 0 Å². The van der Waals surface area contributed by atoms with E-state index in [2.05, 4.69) is 15.9 Å². The zero-order valence-corrected chi connectivity index (χ0v) is 13.2. The molecule has 0 aromatic heterocycles. The molecule has 0 bridgehead atoms. The molecule has 5 heteroatoms. The van der Waals surface area contributed by atoms with E-state index < -0.39 is 17.0 Å². The Hall–Kier alpha value is -1.13. The molecule has 1 atom stereocenters. The van der Waals surface area contributed by atoms with E-state index in [9.17, 15) is 8.78 Å². The lowest BCUT2D eigenvalue weighted by Gasteiger charge is -2.16. The molecule has 1 unspecified atom stereocenters. The SMILES string of the molecule is COc1ccc(C(Cl)c2c(F)cc(Br)cc2F)c(C)c1. The first-order valence-electron chi connectivity index (χ1n) is 5.87. The van der Waals surface area contributed by atoms with Crippen molar-refractivity contribution in [1.29, 1.82) is 0 Å². The molecule has 0 saturated carbocycles. The Morgan fingerprint density at radius 1 is 1.15 bits per heavy atom. The van der Waals surface area contributed by atoms with Crippen LogP contribution in [-0.4, -0.2) is 7.11 Å². The number of alkyl halides is 1. The smallest absolute Gasteiger partial charge is 0.132 e. The molecule has 106 valence electrons. The quantitative estimate of drug-likeness (QED) is 0.668. The molecule has 1 nitrogen and oxygen atoms in total. The average Bonchev–Trinajstić information content (AvgIpc) is 2.37. The number of benzene rings is 2. The van der Waals surface area contributed by atoms with E-state index in [0.29, 0.717) is 15.8 Å². The molecule has 20 heavy (non-hydrogen) atoms. The minimum atomic E-state index is -0.894. The summed E-state index contributed by atoms with van der Waals surface area (Å²) < 4.78 is 33.3. The van der Waals surface area contributed by atoms with Gasteiger partial charge in [0.15, 0.2) is 0 Å². The van der Waals surface area contributed by atoms with Gasteiger partial charge in [-0.3, -0.25) is 0 Å². The Kier molecular flexibility index (Phi) is 4.66. The third-order valence-corrected chi connectivity index (χ3v) is 3.96. The maximum absolute atomic E-state index is 13.9. The second kappa shape index (κ2) is 6.10. The first kappa shape index (κ1) is 15.3. The largest absolute Gasteiger partial charge is 0.497 e. The first-order chi connectivity index (χ1) is 9.43. The van der Waals surface area contributed by atoms with Crippen molar-refractivity contribution in [3.63, 3.8) is 0 Å². The number of hydrogen-bond acceptors (Lipinski definition) is 1. The van der Waals surface area contributed by atoms with E-state index in [-0.39, 0.29) is 5.56 Å². The molecule has 2 aromatic carbocycles. The predicted molar refractivity (Wildman–Crippen MR) is 79.5 cm³/mol. The third kappa shape index (κ3) is 2.96. The van der Waals surface area contributed by atoms with Crippen molar-refractivity contribution in [3.8, 4) is 5.75 Å². The number of aryl methyl sites for hydroxylation is 1. The van der Waals surface area contributed by atoms with E-state index >= 15 is 0 Å². The van der Waals surface area contributed by atoms with Gasteiger partial charge in [0.1, 0.15) is 17.4 Å². The second-order valence-electron chi connectivity index (χ2n) is 4.37. The summed E-state index contributed by atoms with van der Waals surface area (Å²) in [4.78, 5) is 0. The van der Waals surface area contributed by atoms with E-state index in [1.54, 1.807) is 25.3 Å². The Morgan fingerprint density at radius 2 is 1.75 bits per heavy atom. The van der Waals surface area contributed by atoms with Crippen LogP contribution in [0.2, 0.25) is 0 Å². The molecule has 0 amide bonds. The maximum Gasteiger partial charge on any atom is 0.132 e. The Morgan fingerprint density at radius 3 is 2.25 bits per heavy atom. The summed E-state index contributed by atoms with van der Waals surface area (Å²) in [5.41, 5.74) is 1.31. The van der Waals surface area contributed by atoms with Gasteiger partial charge in [0.05, 0.1) is 12.5 Å². The standard InChI is InChI=1S/C15H12BrClF2O/c1-8-5-10(20-2)3-4-11(8)15(17)14-12(18)6-9(16)7-13(14)19/h3-7,15H,1-2H3. The summed E-state index contributed by atoms with van der Waals surface area (Å²) in [5.74, 6) is -0.675. The van der Waals surface area contributed by atoms with Crippen LogP contribution in [0, 0.1) is 18.6 Å². The molecular formula is C15H12BrClF2O. The van der Waals surface area contributed by atoms with Crippen LogP contribution in [0.1, 0.15) is 22.1 Å². The molecule has 0 spiro atoms. The zero-order chi connectivity index (χ0) is 14.9. The van der Waals surface area contributed by atoms with Gasteiger partial charge < -0.3 is 4.74 Å². The highest BCUT2D eigenvalue weighted by molar-refractivity contribution is 9.10. The molecule has 0 fully saturated rings. The molecule has 0 saturated heterocycles. The van der Waals surface area contributed by atoms with E-state index in [1.165, 1.54) is 12.1 Å². The summed E-state index contributed by atoms with van der Waals surface area (Å²) >= 11 is 9.31. The lowest BCUT2D eigenvalue weighted by atomic mass is 9.99. The van der Waals surface area contributed by atoms with Crippen LogP contribution in [-0.2, 0) is 0 Å². The molecule has 0 heterocycles. The minimum Gasteiger partial charge on any atom is -0.497 e. The Balaban J connectivity index is 2.49. The number of hydrogen-bond donors (Lipinski definition) is 0. The molecule has 2 aromatic rings. The van der Waals surface area contributed by atoms with Crippen molar-refractivity contribution >= 4 is 27.5 Å². The maximum atomic E-state index is 13.9. The van der Waals surface area contributed by atoms with Crippen molar-refractivity contribution in [2.45, 2.75) is 12.3 Å². The first-order valence-corrected chi connectivity index (χ1v) is 7.10. The molecule has 0 aliphatic rings. The molecule has 2 rings (SSSR count). The number of rotatable bonds is 3. The average molecular weight is 362 g/mol. The summed E-state index contributed by atoms with van der Waals surface area (Å²) in [6.07, 6.45) is 0. The van der Waals surface area contributed by atoms with Crippen LogP contribution in [0.4, 0.5) is 8.78 Å². The highest BCUT2D eigenvalue weighted by Gasteiger charge is 2.22. The Labute approximate surface area is 129 Å². The summed E-state index contributed by atoms with van der Waals surface area (Å²) in [5, 5.41) is -0.894. The molecule has 0 aliphatic carbocycles. The minimum absolute atomic E-state index is 0.150. The molecular weight excluding hydrogens is 350 g/mol. The van der Waals surface area contributed by atoms with Gasteiger partial charge in [-0.1, -0.05) is 22.0 Å². The monoisotopic (exact) mass is 360 g/mol. The van der Waals surface area contributed by atoms with Gasteiger partial charge >= 0.3 is 0 Å². The fourth-order valence-electron chi connectivity index (χ4n) is 2.01. The fourth-order valence-corrected chi connectivity index (χ4v) is 2.87. The van der Waals surface area contributed by atoms with Crippen LogP contribution in [0.25, 0.3) is 0 Å². The highest BCUT2D eigenvalue weighted by atomic mass is 79.9. The predicted octanol–water partition coefficient (Wildman–Crippen LogP) is 5.37. The van der Waals surface area contributed by atoms with Crippen LogP contribution >= 0.6 is 27.5 Å². The van der Waals surface area contributed by atoms with Gasteiger partial charge in [-0.15, -0.1) is 11.6 Å². The summed E-state index contributed by atoms with van der Waals surface area (Å²) in [6, 6.07) is 7.61. The van der Waals surface area contributed by atoms with E-state index in [0.717, 1.165) is 5.56 Å². The molecule has 0 N–H and O–H groups in total. The van der Waals surface area contributed by atoms with Crippen molar-refractivity contribution < 1.29 is 13.5 Å². The fraction of sp³-hybridized carbons (Fsp3) is 0.200. The van der Waals surface area contributed by atoms with Crippen LogP contribution < -0.4 is 4.74 Å². The highest BCUT2D eigenvalue weighted by Crippen LogP contribution is 2.36. The van der Waals surface area contributed by atoms with Crippen molar-refractivity contribution in [1.82, 2.24) is 0 Å². The third-order valence-electron chi connectivity index (χ3n) is 3.05. The lowest BCUT2D eigenvalue weighted by Crippen LogP contribution is -2.03. The Bertz CT molecular complexity index is 623. The van der Waals surface area contributed by atoms with Gasteiger partial charge in [0, 0.05) is 10.0 Å². The molecule has 0 aliphatic heterocycles. The lowest BCUT2D eigenvalue weighted by molar-refractivity contribution is 0.414. The van der Waals surface area contributed by atoms with E-state index in [1.807, 2.05) is 6.92 Å². The van der Waals surface area contributed by atoms with Gasteiger partial charge in [-0.2, -0.15) is 0 Å². The van der Waals surface area contributed by atoms with Crippen LogP contribution in [0.5, 0.6) is 5.75 Å². The second-order valence-corrected chi connectivity index (χ2v) is 5.72. The van der Waals surface area contributed by atoms with E-state index in [4.69, 9.17) is 16.3 Å². The van der Waals surface area contributed by atoms with Crippen molar-refractivity contribution in [2.24, 2.45) is 0 Å². The van der Waals surface area contributed by atoms with Crippen LogP contribution in [0.3, 0.4) is 0 Å². The van der Waals surface area contributed by atoms with Gasteiger partial charge in [-0.05, 0) is 42.3 Å². The topological polar surface area (TPSA) is 9.23 Å². The normalized spacial score (nSPS) is 12.3. The summed E-state index contributed by atoms with van der Waals surface area (Å²) in [7, 11) is 1.56. The zero-order valence-electron chi connectivity index (χ0n) is 10.9. The van der Waals surface area contributed by atoms with Gasteiger partial charge in [0.2, 0.25) is 0 Å². The van der Waals surface area contributed by atoms with Crippen molar-refractivity contribution in [2.75, 3.05) is 7.11 Å².